The maximum absolute atomic E-state index is 6.06. The lowest BCUT2D eigenvalue weighted by Gasteiger charge is -2.20. The van der Waals surface area contributed by atoms with Crippen LogP contribution in [-0.4, -0.2) is 6.04 Å². The van der Waals surface area contributed by atoms with E-state index in [2.05, 4.69) is 13.8 Å². The number of hydrogen-bond acceptors (Lipinski definition) is 1. The van der Waals surface area contributed by atoms with Crippen LogP contribution < -0.4 is 5.73 Å². The fourth-order valence-corrected chi connectivity index (χ4v) is 2.69. The third kappa shape index (κ3) is 1.66. The van der Waals surface area contributed by atoms with Crippen LogP contribution in [0, 0.1) is 23.7 Å². The number of hydrogen-bond donors (Lipinski definition) is 1. The Morgan fingerprint density at radius 1 is 1.17 bits per heavy atom. The van der Waals surface area contributed by atoms with E-state index < -0.39 is 0 Å². The molecular formula is C11H21N. The Morgan fingerprint density at radius 2 is 1.75 bits per heavy atom. The molecule has 0 aliphatic heterocycles. The molecule has 0 aromatic rings. The zero-order chi connectivity index (χ0) is 8.72. The number of fused-ring (bicyclic) bond motifs is 1. The van der Waals surface area contributed by atoms with Crippen LogP contribution >= 0.6 is 0 Å². The van der Waals surface area contributed by atoms with E-state index in [9.17, 15) is 0 Å². The van der Waals surface area contributed by atoms with Crippen molar-refractivity contribution in [1.29, 1.82) is 0 Å². The lowest BCUT2D eigenvalue weighted by Crippen LogP contribution is -2.28. The summed E-state index contributed by atoms with van der Waals surface area (Å²) in [7, 11) is 0. The van der Waals surface area contributed by atoms with Crippen molar-refractivity contribution in [2.75, 3.05) is 0 Å². The molecule has 2 aliphatic rings. The third-order valence-corrected chi connectivity index (χ3v) is 3.80. The van der Waals surface area contributed by atoms with Gasteiger partial charge in [0.2, 0.25) is 0 Å². The smallest absolute Gasteiger partial charge is 0.00645 e. The van der Waals surface area contributed by atoms with Crippen molar-refractivity contribution < 1.29 is 0 Å². The largest absolute Gasteiger partial charge is 0.327 e. The first-order valence-corrected chi connectivity index (χ1v) is 5.42. The molecule has 0 saturated heterocycles. The standard InChI is InChI=1S/C11H21N/c1-7(2)11(12)5-8-3-9-6-10(9)4-8/h7-11H,3-6,12H2,1-2H3. The van der Waals surface area contributed by atoms with E-state index in [-0.39, 0.29) is 0 Å². The lowest BCUT2D eigenvalue weighted by molar-refractivity contribution is 0.357. The molecule has 0 radical (unpaired) electrons. The van der Waals surface area contributed by atoms with Crippen molar-refractivity contribution in [2.24, 2.45) is 29.4 Å². The lowest BCUT2D eigenvalue weighted by atomic mass is 9.90. The molecule has 0 heterocycles. The highest BCUT2D eigenvalue weighted by atomic mass is 14.7. The second-order valence-electron chi connectivity index (χ2n) is 5.24. The van der Waals surface area contributed by atoms with Gasteiger partial charge in [0.05, 0.1) is 0 Å². The number of nitrogens with two attached hydrogens (primary N) is 1. The van der Waals surface area contributed by atoms with Gasteiger partial charge in [0.1, 0.15) is 0 Å². The van der Waals surface area contributed by atoms with Gasteiger partial charge in [-0.05, 0) is 49.4 Å². The van der Waals surface area contributed by atoms with Crippen LogP contribution in [0.2, 0.25) is 0 Å². The van der Waals surface area contributed by atoms with Crippen LogP contribution in [0.1, 0.15) is 39.5 Å². The molecule has 2 aliphatic carbocycles. The Bertz CT molecular complexity index is 154. The monoisotopic (exact) mass is 167 g/mol. The zero-order valence-corrected chi connectivity index (χ0v) is 8.29. The molecule has 1 heteroatoms. The molecule has 0 aromatic heterocycles. The molecule has 0 amide bonds. The highest BCUT2D eigenvalue weighted by molar-refractivity contribution is 4.96. The Kier molecular flexibility index (Phi) is 2.16. The molecular weight excluding hydrogens is 146 g/mol. The van der Waals surface area contributed by atoms with Crippen LogP contribution in [0.5, 0.6) is 0 Å². The normalized spacial score (nSPS) is 41.5. The molecule has 1 nitrogen and oxygen atoms in total. The van der Waals surface area contributed by atoms with Crippen molar-refractivity contribution in [1.82, 2.24) is 0 Å². The summed E-state index contributed by atoms with van der Waals surface area (Å²) in [5.74, 6) is 3.89. The van der Waals surface area contributed by atoms with E-state index in [1.54, 1.807) is 0 Å². The zero-order valence-electron chi connectivity index (χ0n) is 8.29. The average molecular weight is 167 g/mol. The Balaban J connectivity index is 1.73. The van der Waals surface area contributed by atoms with E-state index in [1.807, 2.05) is 0 Å². The summed E-state index contributed by atoms with van der Waals surface area (Å²) in [6.45, 7) is 4.47. The van der Waals surface area contributed by atoms with Gasteiger partial charge in [0.15, 0.2) is 0 Å². The van der Waals surface area contributed by atoms with Gasteiger partial charge >= 0.3 is 0 Å². The molecule has 2 N–H and O–H groups in total. The minimum absolute atomic E-state index is 0.451. The van der Waals surface area contributed by atoms with Gasteiger partial charge in [0.25, 0.3) is 0 Å². The van der Waals surface area contributed by atoms with Gasteiger partial charge in [-0.1, -0.05) is 13.8 Å². The van der Waals surface area contributed by atoms with Crippen LogP contribution in [0.15, 0.2) is 0 Å². The molecule has 0 bridgehead atoms. The maximum Gasteiger partial charge on any atom is 0.00645 e. The Labute approximate surface area is 75.7 Å². The summed E-state index contributed by atoms with van der Waals surface area (Å²) in [6.07, 6.45) is 5.80. The molecule has 2 fully saturated rings. The minimum Gasteiger partial charge on any atom is -0.327 e. The van der Waals surface area contributed by atoms with Crippen molar-refractivity contribution in [3.63, 3.8) is 0 Å². The third-order valence-electron chi connectivity index (χ3n) is 3.80. The Hall–Kier alpha value is -0.0400. The van der Waals surface area contributed by atoms with Gasteiger partial charge in [0, 0.05) is 6.04 Å². The van der Waals surface area contributed by atoms with Crippen LogP contribution in [0.25, 0.3) is 0 Å². The SMILES string of the molecule is CC(C)C(N)CC1CC2CC2C1. The van der Waals surface area contributed by atoms with Crippen LogP contribution in [-0.2, 0) is 0 Å². The van der Waals surface area contributed by atoms with Crippen molar-refractivity contribution >= 4 is 0 Å². The van der Waals surface area contributed by atoms with Crippen LogP contribution in [0.3, 0.4) is 0 Å². The first kappa shape index (κ1) is 8.55. The molecule has 0 aromatic carbocycles. The second-order valence-corrected chi connectivity index (χ2v) is 5.24. The van der Waals surface area contributed by atoms with E-state index in [0.29, 0.717) is 12.0 Å². The minimum atomic E-state index is 0.451. The molecule has 0 spiro atoms. The maximum atomic E-state index is 6.06. The molecule has 3 atom stereocenters. The first-order chi connectivity index (χ1) is 5.66. The molecule has 2 saturated carbocycles. The van der Waals surface area contributed by atoms with Gasteiger partial charge < -0.3 is 5.73 Å². The first-order valence-electron chi connectivity index (χ1n) is 5.42. The summed E-state index contributed by atoms with van der Waals surface area (Å²) in [5.41, 5.74) is 6.06. The van der Waals surface area contributed by atoms with Gasteiger partial charge in [-0.2, -0.15) is 0 Å². The molecule has 12 heavy (non-hydrogen) atoms. The van der Waals surface area contributed by atoms with E-state index in [0.717, 1.165) is 17.8 Å². The highest BCUT2D eigenvalue weighted by Crippen LogP contribution is 2.55. The van der Waals surface area contributed by atoms with E-state index >= 15 is 0 Å². The van der Waals surface area contributed by atoms with E-state index in [4.69, 9.17) is 5.73 Å². The Morgan fingerprint density at radius 3 is 2.25 bits per heavy atom. The summed E-state index contributed by atoms with van der Waals surface area (Å²) in [5, 5.41) is 0. The van der Waals surface area contributed by atoms with Gasteiger partial charge in [-0.15, -0.1) is 0 Å². The predicted octanol–water partition coefficient (Wildman–Crippen LogP) is 2.41. The molecule has 2 rings (SSSR count). The average Bonchev–Trinajstić information content (AvgIpc) is 2.59. The summed E-state index contributed by atoms with van der Waals surface area (Å²) < 4.78 is 0. The van der Waals surface area contributed by atoms with Crippen molar-refractivity contribution in [3.05, 3.63) is 0 Å². The topological polar surface area (TPSA) is 26.0 Å². The number of rotatable bonds is 3. The van der Waals surface area contributed by atoms with E-state index in [1.165, 1.54) is 25.7 Å². The predicted molar refractivity (Wildman–Crippen MR) is 51.8 cm³/mol. The fraction of sp³-hybridized carbons (Fsp3) is 1.00. The van der Waals surface area contributed by atoms with Gasteiger partial charge in [-0.25, -0.2) is 0 Å². The van der Waals surface area contributed by atoms with Gasteiger partial charge in [-0.3, -0.25) is 0 Å². The quantitative estimate of drug-likeness (QED) is 0.686. The highest BCUT2D eigenvalue weighted by Gasteiger charge is 2.45. The molecule has 3 unspecified atom stereocenters. The fourth-order valence-electron chi connectivity index (χ4n) is 2.69. The van der Waals surface area contributed by atoms with Crippen molar-refractivity contribution in [3.8, 4) is 0 Å². The summed E-state index contributed by atoms with van der Waals surface area (Å²) >= 11 is 0. The molecule has 70 valence electrons. The summed E-state index contributed by atoms with van der Waals surface area (Å²) in [6, 6.07) is 0.451. The van der Waals surface area contributed by atoms with Crippen molar-refractivity contribution in [2.45, 2.75) is 45.6 Å². The second kappa shape index (κ2) is 3.02. The van der Waals surface area contributed by atoms with Crippen LogP contribution in [0.4, 0.5) is 0 Å². The summed E-state index contributed by atoms with van der Waals surface area (Å²) in [4.78, 5) is 0.